The van der Waals surface area contributed by atoms with E-state index < -0.39 is 85.9 Å². The number of benzene rings is 3. The summed E-state index contributed by atoms with van der Waals surface area (Å²) in [6, 6.07) is 7.67. The molecular formula is C34H34Cl2F3N5O10S. The van der Waals surface area contributed by atoms with Gasteiger partial charge in [0.05, 0.1) is 59.9 Å². The van der Waals surface area contributed by atoms with Crippen molar-refractivity contribution in [2.75, 3.05) is 33.1 Å². The number of urea groups is 1. The molecule has 1 saturated heterocycles. The van der Waals surface area contributed by atoms with Gasteiger partial charge in [-0.25, -0.2) is 27.7 Å². The summed E-state index contributed by atoms with van der Waals surface area (Å²) in [6.45, 7) is 0.331. The van der Waals surface area contributed by atoms with E-state index in [1.807, 2.05) is 0 Å². The Morgan fingerprint density at radius 1 is 1.02 bits per heavy atom. The van der Waals surface area contributed by atoms with Gasteiger partial charge >= 0.3 is 24.2 Å². The number of carbonyl (C=O) groups is 2. The van der Waals surface area contributed by atoms with Crippen molar-refractivity contribution in [2.24, 2.45) is 0 Å². The van der Waals surface area contributed by atoms with Crippen molar-refractivity contribution in [3.8, 4) is 17.2 Å². The van der Waals surface area contributed by atoms with E-state index in [4.69, 9.17) is 32.7 Å². The fraction of sp³-hybridized carbons (Fsp3) is 0.353. The lowest BCUT2D eigenvalue weighted by atomic mass is 10.1. The number of nitrogens with zero attached hydrogens (tertiary/aromatic N) is 3. The zero-order valence-electron chi connectivity index (χ0n) is 29.3. The van der Waals surface area contributed by atoms with E-state index in [2.05, 4.69) is 15.0 Å². The number of imide groups is 1. The molecule has 0 saturated carbocycles. The van der Waals surface area contributed by atoms with Crippen molar-refractivity contribution >= 4 is 56.1 Å². The van der Waals surface area contributed by atoms with Crippen LogP contribution in [0.15, 0.2) is 56.9 Å². The number of hydrogen-bond donors (Lipinski definition) is 3. The van der Waals surface area contributed by atoms with Crippen LogP contribution in [0.25, 0.3) is 10.9 Å². The molecule has 1 aromatic heterocycles. The maximum Gasteiger partial charge on any atom is 0.573 e. The van der Waals surface area contributed by atoms with Gasteiger partial charge in [-0.2, -0.15) is 0 Å². The van der Waals surface area contributed by atoms with Gasteiger partial charge in [-0.15, -0.1) is 13.2 Å². The molecule has 1 atom stereocenters. The number of H-pyrrole nitrogens is 1. The molecule has 4 aromatic rings. The highest BCUT2D eigenvalue weighted by Gasteiger charge is 2.42. The lowest BCUT2D eigenvalue weighted by Gasteiger charge is -2.21. The summed E-state index contributed by atoms with van der Waals surface area (Å²) in [7, 11) is -0.864. The number of amides is 3. The minimum absolute atomic E-state index is 0.0310. The van der Waals surface area contributed by atoms with Crippen molar-refractivity contribution < 1.29 is 50.5 Å². The van der Waals surface area contributed by atoms with Crippen molar-refractivity contribution in [1.82, 2.24) is 24.7 Å². The van der Waals surface area contributed by atoms with Gasteiger partial charge in [-0.3, -0.25) is 9.36 Å². The van der Waals surface area contributed by atoms with Crippen molar-refractivity contribution in [2.45, 2.75) is 50.3 Å². The molecule has 0 bridgehead atoms. The third kappa shape index (κ3) is 8.95. The largest absolute Gasteiger partial charge is 0.573 e. The first-order chi connectivity index (χ1) is 25.9. The van der Waals surface area contributed by atoms with E-state index in [1.165, 1.54) is 39.3 Å². The molecule has 1 unspecified atom stereocenters. The third-order valence-corrected chi connectivity index (χ3v) is 11.3. The Morgan fingerprint density at radius 3 is 2.38 bits per heavy atom. The van der Waals surface area contributed by atoms with Crippen LogP contribution in [0.4, 0.5) is 22.8 Å². The van der Waals surface area contributed by atoms with Gasteiger partial charge in [0, 0.05) is 35.3 Å². The Labute approximate surface area is 321 Å². The van der Waals surface area contributed by atoms with E-state index in [0.717, 1.165) is 10.5 Å². The van der Waals surface area contributed by atoms with Gasteiger partial charge in [0.15, 0.2) is 9.84 Å². The average molecular weight is 833 g/mol. The predicted molar refractivity (Wildman–Crippen MR) is 194 cm³/mol. The Bertz CT molecular complexity index is 2370. The number of nitrogens with one attached hydrogen (secondary N) is 2. The van der Waals surface area contributed by atoms with Gasteiger partial charge in [0.1, 0.15) is 17.2 Å². The summed E-state index contributed by atoms with van der Waals surface area (Å²) in [6.07, 6.45) is -6.80. The molecule has 0 aliphatic carbocycles. The van der Waals surface area contributed by atoms with E-state index >= 15 is 0 Å². The van der Waals surface area contributed by atoms with Gasteiger partial charge in [0.2, 0.25) is 0 Å². The Kier molecular flexibility index (Phi) is 12.3. The van der Waals surface area contributed by atoms with Crippen LogP contribution >= 0.6 is 23.2 Å². The standard InChI is InChI=1S/C34H34Cl2F3N5O10S/c1-4-55(50,51)27-8-6-20(35)11-19(27)15-43-30(45)23-13-26(54-34(37,38)39)24(28(36)29(23)41-31(43)46)17-42-16-21(44(32(42)47)33(48)49)9-10-40-14-18-5-7-22(52-2)12-25(18)53-3/h5-8,11-13,21,40H,4,9-10,14-17H2,1-3H3,(H,41,46)(H,48,49). The molecule has 1 aliphatic rings. The SMILES string of the molecule is CCS(=O)(=O)c1ccc(Cl)cc1Cn1c(=O)[nH]c2c(Cl)c(CN3CC(CCNCc4ccc(OC)cc4OC)N(C(=O)O)C3=O)c(OC(F)(F)F)cc2c1=O. The Hall–Kier alpha value is -4.98. The van der Waals surface area contributed by atoms with Crippen LogP contribution in [0.5, 0.6) is 17.2 Å². The number of alkyl halides is 3. The van der Waals surface area contributed by atoms with Crippen molar-refractivity contribution in [3.63, 3.8) is 0 Å². The highest BCUT2D eigenvalue weighted by Crippen LogP contribution is 2.37. The molecule has 3 aromatic carbocycles. The van der Waals surface area contributed by atoms with E-state index in [1.54, 1.807) is 18.2 Å². The lowest BCUT2D eigenvalue weighted by Crippen LogP contribution is -2.40. The average Bonchev–Trinajstić information content (AvgIpc) is 3.44. The number of fused-ring (bicyclic) bond motifs is 1. The maximum absolute atomic E-state index is 13.8. The Morgan fingerprint density at radius 2 is 1.75 bits per heavy atom. The fourth-order valence-corrected chi connectivity index (χ4v) is 7.78. The maximum atomic E-state index is 13.8. The Balaban J connectivity index is 1.46. The van der Waals surface area contributed by atoms with Gasteiger partial charge in [0.25, 0.3) is 5.56 Å². The number of methoxy groups -OCH3 is 2. The van der Waals surface area contributed by atoms with Crippen LogP contribution in [-0.4, -0.2) is 90.5 Å². The molecule has 21 heteroatoms. The molecule has 55 heavy (non-hydrogen) atoms. The monoisotopic (exact) mass is 831 g/mol. The number of aromatic nitrogens is 2. The van der Waals surface area contributed by atoms with Crippen LogP contribution in [0, 0.1) is 0 Å². The van der Waals surface area contributed by atoms with Crippen LogP contribution in [0.2, 0.25) is 10.0 Å². The summed E-state index contributed by atoms with van der Waals surface area (Å²) in [5, 5.41) is 12.0. The molecule has 296 valence electrons. The molecule has 0 radical (unpaired) electrons. The molecule has 3 N–H and O–H groups in total. The van der Waals surface area contributed by atoms with Crippen LogP contribution in [0.3, 0.4) is 0 Å². The number of carboxylic acid groups (broad SMARTS) is 1. The van der Waals surface area contributed by atoms with E-state index in [9.17, 15) is 45.9 Å². The minimum Gasteiger partial charge on any atom is -0.497 e. The molecule has 2 heterocycles. The number of ether oxygens (including phenoxy) is 3. The van der Waals surface area contributed by atoms with Crippen molar-refractivity contribution in [1.29, 1.82) is 0 Å². The first-order valence-electron chi connectivity index (χ1n) is 16.4. The number of sulfone groups is 1. The molecule has 15 nitrogen and oxygen atoms in total. The molecule has 0 spiro atoms. The first-order valence-corrected chi connectivity index (χ1v) is 18.8. The number of rotatable bonds is 14. The van der Waals surface area contributed by atoms with Crippen LogP contribution < -0.4 is 30.8 Å². The van der Waals surface area contributed by atoms with Gasteiger partial charge < -0.3 is 34.5 Å². The molecule has 3 amide bonds. The van der Waals surface area contributed by atoms with E-state index in [-0.39, 0.29) is 40.7 Å². The number of hydrogen-bond acceptors (Lipinski definition) is 10. The lowest BCUT2D eigenvalue weighted by molar-refractivity contribution is -0.274. The smallest absolute Gasteiger partial charge is 0.497 e. The molecule has 1 fully saturated rings. The summed E-state index contributed by atoms with van der Waals surface area (Å²) < 4.78 is 82.1. The van der Waals surface area contributed by atoms with Crippen LogP contribution in [0.1, 0.15) is 30.0 Å². The molecule has 1 aliphatic heterocycles. The summed E-state index contributed by atoms with van der Waals surface area (Å²) >= 11 is 12.6. The van der Waals surface area contributed by atoms with Gasteiger partial charge in [-0.1, -0.05) is 36.2 Å². The normalized spacial score (nSPS) is 14.8. The van der Waals surface area contributed by atoms with E-state index in [0.29, 0.717) is 33.6 Å². The van der Waals surface area contributed by atoms with Crippen molar-refractivity contribution in [3.05, 3.63) is 90.0 Å². The molecule has 5 rings (SSSR count). The summed E-state index contributed by atoms with van der Waals surface area (Å²) in [5.41, 5.74) is -2.38. The second-order valence-electron chi connectivity index (χ2n) is 12.2. The van der Waals surface area contributed by atoms with Gasteiger partial charge in [-0.05, 0) is 48.9 Å². The molecular weight excluding hydrogens is 798 g/mol. The highest BCUT2D eigenvalue weighted by atomic mass is 35.5. The number of halogens is 5. The minimum atomic E-state index is -5.32. The third-order valence-electron chi connectivity index (χ3n) is 8.86. The predicted octanol–water partition coefficient (Wildman–Crippen LogP) is 5.22. The zero-order valence-corrected chi connectivity index (χ0v) is 31.7. The highest BCUT2D eigenvalue weighted by molar-refractivity contribution is 7.91. The fourth-order valence-electron chi connectivity index (χ4n) is 6.17. The summed E-state index contributed by atoms with van der Waals surface area (Å²) in [4.78, 5) is 56.2. The summed E-state index contributed by atoms with van der Waals surface area (Å²) in [5.74, 6) is -0.188. The number of carbonyl (C=O) groups excluding carboxylic acids is 1. The number of aromatic amines is 1. The second-order valence-corrected chi connectivity index (χ2v) is 15.3. The second kappa shape index (κ2) is 16.4. The zero-order chi connectivity index (χ0) is 40.4. The first kappa shape index (κ1) is 41.2. The van der Waals surface area contributed by atoms with Crippen LogP contribution in [-0.2, 0) is 29.5 Å². The quantitative estimate of drug-likeness (QED) is 0.141. The topological polar surface area (TPSA) is 190 Å².